The van der Waals surface area contributed by atoms with E-state index >= 15 is 0 Å². The first-order valence-electron chi connectivity index (χ1n) is 8.25. The van der Waals surface area contributed by atoms with Crippen LogP contribution in [0.5, 0.6) is 0 Å². The molecule has 22 heavy (non-hydrogen) atoms. The zero-order valence-corrected chi connectivity index (χ0v) is 13.6. The lowest BCUT2D eigenvalue weighted by Crippen LogP contribution is -2.45. The minimum Gasteiger partial charge on any atom is -0.351 e. The molecule has 1 saturated carbocycles. The monoisotopic (exact) mass is 302 g/mol. The van der Waals surface area contributed by atoms with E-state index in [2.05, 4.69) is 19.2 Å². The summed E-state index contributed by atoms with van der Waals surface area (Å²) in [7, 11) is 0. The highest BCUT2D eigenvalue weighted by Crippen LogP contribution is 2.47. The fourth-order valence-corrected chi connectivity index (χ4v) is 2.77. The molecule has 0 heterocycles. The third-order valence-corrected chi connectivity index (χ3v) is 4.16. The number of hydrogen-bond donors (Lipinski definition) is 1. The summed E-state index contributed by atoms with van der Waals surface area (Å²) in [6.07, 6.45) is 3.20. The molecule has 0 bridgehead atoms. The number of hydrogen-bond acceptors (Lipinski definition) is 2. The summed E-state index contributed by atoms with van der Waals surface area (Å²) >= 11 is 0. The zero-order chi connectivity index (χ0) is 16.0. The number of nitrogens with zero attached hydrogens (tertiary/aromatic N) is 1. The average molecular weight is 302 g/mol. The average Bonchev–Trinajstić information content (AvgIpc) is 3.34. The van der Waals surface area contributed by atoms with Crippen molar-refractivity contribution in [3.8, 4) is 0 Å². The lowest BCUT2D eigenvalue weighted by molar-refractivity contribution is -0.144. The van der Waals surface area contributed by atoms with Gasteiger partial charge in [-0.15, -0.1) is 0 Å². The first-order valence-corrected chi connectivity index (χ1v) is 8.25. The number of carbonyl (C=O) groups is 2. The van der Waals surface area contributed by atoms with E-state index in [9.17, 15) is 9.59 Å². The van der Waals surface area contributed by atoms with E-state index < -0.39 is 5.41 Å². The summed E-state index contributed by atoms with van der Waals surface area (Å²) in [6.45, 7) is 6.08. The second-order valence-electron chi connectivity index (χ2n) is 6.04. The largest absolute Gasteiger partial charge is 0.351 e. The molecule has 4 nitrogen and oxygen atoms in total. The van der Waals surface area contributed by atoms with Gasteiger partial charge in [0.1, 0.15) is 5.41 Å². The van der Waals surface area contributed by atoms with E-state index in [0.717, 1.165) is 31.5 Å². The van der Waals surface area contributed by atoms with Crippen LogP contribution in [0.4, 0.5) is 0 Å². The van der Waals surface area contributed by atoms with E-state index in [1.807, 2.05) is 35.2 Å². The standard InChI is InChI=1S/C18H26N2O2/c1-3-12-20(13-4-2)17(22)18(10-11-18)16(21)19-14-15-8-6-5-7-9-15/h5-9H,3-4,10-14H2,1-2H3,(H,19,21). The number of carbonyl (C=O) groups excluding carboxylic acids is 2. The Balaban J connectivity index is 1.97. The molecular formula is C18H26N2O2. The molecule has 0 saturated heterocycles. The van der Waals surface area contributed by atoms with Crippen molar-refractivity contribution in [1.82, 2.24) is 10.2 Å². The fraction of sp³-hybridized carbons (Fsp3) is 0.556. The van der Waals surface area contributed by atoms with Crippen molar-refractivity contribution in [2.45, 2.75) is 46.1 Å². The molecular weight excluding hydrogens is 276 g/mol. The van der Waals surface area contributed by atoms with Gasteiger partial charge < -0.3 is 10.2 Å². The van der Waals surface area contributed by atoms with E-state index in [0.29, 0.717) is 19.4 Å². The fourth-order valence-electron chi connectivity index (χ4n) is 2.77. The molecule has 120 valence electrons. The van der Waals surface area contributed by atoms with E-state index in [1.54, 1.807) is 0 Å². The zero-order valence-electron chi connectivity index (χ0n) is 13.6. The lowest BCUT2D eigenvalue weighted by atomic mass is 10.0. The Morgan fingerprint density at radius 1 is 1.09 bits per heavy atom. The van der Waals surface area contributed by atoms with Gasteiger partial charge in [0.05, 0.1) is 0 Å². The number of nitrogens with one attached hydrogen (secondary N) is 1. The molecule has 2 rings (SSSR count). The van der Waals surface area contributed by atoms with Crippen molar-refractivity contribution in [2.75, 3.05) is 13.1 Å². The molecule has 0 unspecified atom stereocenters. The maximum Gasteiger partial charge on any atom is 0.238 e. The molecule has 1 aliphatic rings. The van der Waals surface area contributed by atoms with Gasteiger partial charge in [-0.25, -0.2) is 0 Å². The summed E-state index contributed by atoms with van der Waals surface area (Å²) in [5.41, 5.74) is 0.261. The highest BCUT2D eigenvalue weighted by molar-refractivity contribution is 6.07. The molecule has 1 aliphatic carbocycles. The Labute approximate surface area is 132 Å². The summed E-state index contributed by atoms with van der Waals surface area (Å²) in [6, 6.07) is 9.79. The van der Waals surface area contributed by atoms with Gasteiger partial charge in [-0.2, -0.15) is 0 Å². The van der Waals surface area contributed by atoms with Gasteiger partial charge in [-0.1, -0.05) is 44.2 Å². The van der Waals surface area contributed by atoms with Crippen LogP contribution in [0.1, 0.15) is 45.1 Å². The first-order chi connectivity index (χ1) is 10.6. The van der Waals surface area contributed by atoms with Crippen molar-refractivity contribution in [2.24, 2.45) is 5.41 Å². The third kappa shape index (κ3) is 3.67. The van der Waals surface area contributed by atoms with Crippen molar-refractivity contribution >= 4 is 11.8 Å². The van der Waals surface area contributed by atoms with Crippen molar-refractivity contribution in [1.29, 1.82) is 0 Å². The molecule has 0 radical (unpaired) electrons. The molecule has 4 heteroatoms. The van der Waals surface area contributed by atoms with Gasteiger partial charge in [0, 0.05) is 19.6 Å². The topological polar surface area (TPSA) is 49.4 Å². The van der Waals surface area contributed by atoms with E-state index in [-0.39, 0.29) is 11.8 Å². The summed E-state index contributed by atoms with van der Waals surface area (Å²) in [4.78, 5) is 27.1. The molecule has 0 aromatic heterocycles. The third-order valence-electron chi connectivity index (χ3n) is 4.16. The van der Waals surface area contributed by atoms with Gasteiger partial charge in [-0.05, 0) is 31.2 Å². The van der Waals surface area contributed by atoms with Crippen molar-refractivity contribution in [3.05, 3.63) is 35.9 Å². The maximum absolute atomic E-state index is 12.7. The molecule has 1 N–H and O–H groups in total. The molecule has 1 aromatic carbocycles. The minimum absolute atomic E-state index is 0.0155. The molecule has 0 spiro atoms. The van der Waals surface area contributed by atoms with Gasteiger partial charge in [0.2, 0.25) is 11.8 Å². The van der Waals surface area contributed by atoms with Gasteiger partial charge >= 0.3 is 0 Å². The van der Waals surface area contributed by atoms with Crippen LogP contribution in [0.2, 0.25) is 0 Å². The Morgan fingerprint density at radius 2 is 1.68 bits per heavy atom. The van der Waals surface area contributed by atoms with Crippen LogP contribution in [0, 0.1) is 5.41 Å². The van der Waals surface area contributed by atoms with Crippen molar-refractivity contribution < 1.29 is 9.59 Å². The Bertz CT molecular complexity index is 503. The van der Waals surface area contributed by atoms with Crippen LogP contribution in [-0.4, -0.2) is 29.8 Å². The molecule has 0 aliphatic heterocycles. The Hall–Kier alpha value is -1.84. The van der Waals surface area contributed by atoms with Crippen molar-refractivity contribution in [3.63, 3.8) is 0 Å². The van der Waals surface area contributed by atoms with Crippen LogP contribution in [0.25, 0.3) is 0 Å². The maximum atomic E-state index is 12.7. The quantitative estimate of drug-likeness (QED) is 0.751. The summed E-state index contributed by atoms with van der Waals surface area (Å²) < 4.78 is 0. The minimum atomic E-state index is -0.793. The smallest absolute Gasteiger partial charge is 0.238 e. The molecule has 0 atom stereocenters. The van der Waals surface area contributed by atoms with Crippen LogP contribution >= 0.6 is 0 Å². The number of benzene rings is 1. The highest BCUT2D eigenvalue weighted by atomic mass is 16.2. The Kier molecular flexibility index (Phi) is 5.58. The molecule has 2 amide bonds. The normalized spacial score (nSPS) is 15.2. The van der Waals surface area contributed by atoms with Crippen LogP contribution in [-0.2, 0) is 16.1 Å². The SMILES string of the molecule is CCCN(CCC)C(=O)C1(C(=O)NCc2ccccc2)CC1. The first kappa shape index (κ1) is 16.5. The molecule has 1 aromatic rings. The van der Waals surface area contributed by atoms with Gasteiger partial charge in [0.25, 0.3) is 0 Å². The second-order valence-corrected chi connectivity index (χ2v) is 6.04. The second kappa shape index (κ2) is 7.43. The van der Waals surface area contributed by atoms with Gasteiger partial charge in [-0.3, -0.25) is 9.59 Å². The van der Waals surface area contributed by atoms with E-state index in [4.69, 9.17) is 0 Å². The van der Waals surface area contributed by atoms with E-state index in [1.165, 1.54) is 0 Å². The highest BCUT2D eigenvalue weighted by Gasteiger charge is 2.57. The summed E-state index contributed by atoms with van der Waals surface area (Å²) in [5.74, 6) is -0.0969. The van der Waals surface area contributed by atoms with Crippen LogP contribution in [0.15, 0.2) is 30.3 Å². The predicted molar refractivity (Wildman–Crippen MR) is 87.1 cm³/mol. The number of amides is 2. The Morgan fingerprint density at radius 3 is 2.18 bits per heavy atom. The predicted octanol–water partition coefficient (Wildman–Crippen LogP) is 2.73. The van der Waals surface area contributed by atoms with Crippen LogP contribution in [0.3, 0.4) is 0 Å². The van der Waals surface area contributed by atoms with Crippen LogP contribution < -0.4 is 5.32 Å². The van der Waals surface area contributed by atoms with Gasteiger partial charge in [0.15, 0.2) is 0 Å². The molecule has 1 fully saturated rings. The lowest BCUT2D eigenvalue weighted by Gasteiger charge is -2.26. The number of rotatable bonds is 8. The summed E-state index contributed by atoms with van der Waals surface area (Å²) in [5, 5.41) is 2.94.